The quantitative estimate of drug-likeness (QED) is 0.526. The van der Waals surface area contributed by atoms with Crippen molar-refractivity contribution in [1.82, 2.24) is 33.8 Å². The van der Waals surface area contributed by atoms with Crippen LogP contribution < -0.4 is 16.0 Å². The number of hydrogen-bond acceptors (Lipinski definition) is 8. The van der Waals surface area contributed by atoms with E-state index in [1.165, 1.54) is 38.5 Å². The van der Waals surface area contributed by atoms with Crippen LogP contribution in [0.3, 0.4) is 0 Å². The summed E-state index contributed by atoms with van der Waals surface area (Å²) in [6.07, 6.45) is 4.34. The van der Waals surface area contributed by atoms with Gasteiger partial charge >= 0.3 is 5.69 Å². The molecule has 1 N–H and O–H groups in total. The number of halogens is 1. The van der Waals surface area contributed by atoms with E-state index in [1.807, 2.05) is 5.01 Å². The molecule has 0 atom stereocenters. The zero-order valence-electron chi connectivity index (χ0n) is 14.9. The van der Waals surface area contributed by atoms with Gasteiger partial charge in [0.2, 0.25) is 5.95 Å². The second kappa shape index (κ2) is 6.27. The van der Waals surface area contributed by atoms with Crippen LogP contribution in [0, 0.1) is 5.82 Å². The lowest BCUT2D eigenvalue weighted by atomic mass is 10.4. The molecule has 144 valence electrons. The predicted molar refractivity (Wildman–Crippen MR) is 97.8 cm³/mol. The fraction of sp³-hybridized carbons (Fsp3) is 0.312. The molecule has 1 aliphatic heterocycles. The minimum Gasteiger partial charge on any atom is -0.378 e. The van der Waals surface area contributed by atoms with Crippen LogP contribution in [-0.2, 0) is 11.8 Å². The number of imidazole rings is 1. The van der Waals surface area contributed by atoms with E-state index in [2.05, 4.69) is 25.4 Å². The summed E-state index contributed by atoms with van der Waals surface area (Å²) in [6, 6.07) is 1.26. The first-order valence-electron chi connectivity index (χ1n) is 8.65. The molecule has 1 saturated heterocycles. The average molecular weight is 385 g/mol. The zero-order valence-corrected chi connectivity index (χ0v) is 14.9. The number of aromatic nitrogens is 7. The molecule has 5 heterocycles. The van der Waals surface area contributed by atoms with Gasteiger partial charge < -0.3 is 15.1 Å². The zero-order chi connectivity index (χ0) is 19.3. The Balaban J connectivity index is 1.58. The maximum absolute atomic E-state index is 14.4. The first-order chi connectivity index (χ1) is 13.6. The Bertz CT molecular complexity index is 1240. The van der Waals surface area contributed by atoms with Crippen molar-refractivity contribution in [2.24, 2.45) is 7.05 Å². The van der Waals surface area contributed by atoms with E-state index in [-0.39, 0.29) is 17.3 Å². The maximum atomic E-state index is 14.4. The van der Waals surface area contributed by atoms with E-state index in [1.54, 1.807) is 7.05 Å². The SMILES string of the molecule is Cn1c(=O)n(N2CCOCC2)c2nc(Nc3cn4ncnc4cc3F)ncc21. The first kappa shape index (κ1) is 16.6. The van der Waals surface area contributed by atoms with Gasteiger partial charge in [-0.3, -0.25) is 4.57 Å². The summed E-state index contributed by atoms with van der Waals surface area (Å²) in [7, 11) is 1.66. The standard InChI is InChI=1S/C16H16FN9O2/c1-23-12-7-18-15(21-11-8-25-13(6-10(11)17)19-9-20-25)22-14(12)26(16(23)27)24-2-4-28-5-3-24/h6-9H,2-5H2,1H3,(H,18,21,22). The molecule has 28 heavy (non-hydrogen) atoms. The molecule has 1 aliphatic rings. The molecule has 4 aromatic heterocycles. The molecule has 0 radical (unpaired) electrons. The van der Waals surface area contributed by atoms with Crippen LogP contribution in [0.15, 0.2) is 29.6 Å². The highest BCUT2D eigenvalue weighted by Gasteiger charge is 2.21. The van der Waals surface area contributed by atoms with Crippen LogP contribution in [0.5, 0.6) is 0 Å². The monoisotopic (exact) mass is 385 g/mol. The summed E-state index contributed by atoms with van der Waals surface area (Å²) in [5.41, 5.74) is 1.33. The molecule has 0 amide bonds. The Morgan fingerprint density at radius 1 is 1.25 bits per heavy atom. The highest BCUT2D eigenvalue weighted by Crippen LogP contribution is 2.20. The van der Waals surface area contributed by atoms with Crippen molar-refractivity contribution in [3.05, 3.63) is 41.1 Å². The van der Waals surface area contributed by atoms with E-state index in [0.29, 0.717) is 43.1 Å². The molecule has 0 saturated carbocycles. The predicted octanol–water partition coefficient (Wildman–Crippen LogP) is 0.0236. The van der Waals surface area contributed by atoms with Gasteiger partial charge in [-0.25, -0.2) is 23.7 Å². The Morgan fingerprint density at radius 3 is 2.89 bits per heavy atom. The van der Waals surface area contributed by atoms with E-state index in [4.69, 9.17) is 4.74 Å². The lowest BCUT2D eigenvalue weighted by molar-refractivity contribution is 0.111. The largest absolute Gasteiger partial charge is 0.378 e. The Morgan fingerprint density at radius 2 is 2.07 bits per heavy atom. The van der Waals surface area contributed by atoms with E-state index < -0.39 is 5.82 Å². The van der Waals surface area contributed by atoms with Crippen molar-refractivity contribution in [3.8, 4) is 0 Å². The third-order valence-electron chi connectivity index (χ3n) is 4.66. The highest BCUT2D eigenvalue weighted by atomic mass is 19.1. The Labute approximate surface area is 157 Å². The number of aryl methyl sites for hydroxylation is 1. The number of fused-ring (bicyclic) bond motifs is 2. The number of nitrogens with one attached hydrogen (secondary N) is 1. The van der Waals surface area contributed by atoms with Gasteiger partial charge in [0.25, 0.3) is 0 Å². The Hall–Kier alpha value is -3.54. The summed E-state index contributed by atoms with van der Waals surface area (Å²) in [4.78, 5) is 25.3. The molecule has 0 aliphatic carbocycles. The van der Waals surface area contributed by atoms with Crippen molar-refractivity contribution in [2.45, 2.75) is 0 Å². The number of anilines is 2. The van der Waals surface area contributed by atoms with Crippen LogP contribution in [0.4, 0.5) is 16.0 Å². The molecular formula is C16H16FN9O2. The second-order valence-electron chi connectivity index (χ2n) is 6.34. The number of nitrogens with zero attached hydrogens (tertiary/aromatic N) is 8. The highest BCUT2D eigenvalue weighted by molar-refractivity contribution is 5.73. The fourth-order valence-corrected chi connectivity index (χ4v) is 3.21. The molecule has 0 unspecified atom stereocenters. The summed E-state index contributed by atoms with van der Waals surface area (Å²) < 4.78 is 24.2. The van der Waals surface area contributed by atoms with Crippen LogP contribution >= 0.6 is 0 Å². The lowest BCUT2D eigenvalue weighted by Gasteiger charge is -2.28. The van der Waals surface area contributed by atoms with Crippen molar-refractivity contribution in [3.63, 3.8) is 0 Å². The smallest absolute Gasteiger partial charge is 0.349 e. The average Bonchev–Trinajstić information content (AvgIpc) is 3.25. The molecule has 0 aromatic carbocycles. The number of rotatable bonds is 3. The van der Waals surface area contributed by atoms with Gasteiger partial charge in [-0.2, -0.15) is 14.8 Å². The summed E-state index contributed by atoms with van der Waals surface area (Å²) in [5.74, 6) is -0.346. The molecular weight excluding hydrogens is 369 g/mol. The third kappa shape index (κ3) is 2.57. The van der Waals surface area contributed by atoms with Crippen LogP contribution in [0.25, 0.3) is 16.8 Å². The van der Waals surface area contributed by atoms with Crippen molar-refractivity contribution in [2.75, 3.05) is 36.6 Å². The number of morpholine rings is 1. The number of ether oxygens (including phenoxy) is 1. The van der Waals surface area contributed by atoms with Crippen molar-refractivity contribution >= 4 is 28.4 Å². The van der Waals surface area contributed by atoms with Crippen molar-refractivity contribution < 1.29 is 9.13 Å². The van der Waals surface area contributed by atoms with E-state index in [9.17, 15) is 9.18 Å². The third-order valence-corrected chi connectivity index (χ3v) is 4.66. The normalized spacial score (nSPS) is 14.9. The van der Waals surface area contributed by atoms with E-state index in [0.717, 1.165) is 0 Å². The van der Waals surface area contributed by atoms with Crippen LogP contribution in [0.2, 0.25) is 0 Å². The van der Waals surface area contributed by atoms with Gasteiger partial charge in [0, 0.05) is 13.1 Å². The molecule has 12 heteroatoms. The van der Waals surface area contributed by atoms with Crippen molar-refractivity contribution in [1.29, 1.82) is 0 Å². The van der Waals surface area contributed by atoms with Gasteiger partial charge in [0.05, 0.1) is 44.4 Å². The number of hydrogen-bond donors (Lipinski definition) is 1. The summed E-state index contributed by atoms with van der Waals surface area (Å²) in [6.45, 7) is 2.21. The minimum atomic E-state index is -0.511. The van der Waals surface area contributed by atoms with Gasteiger partial charge in [0.1, 0.15) is 11.8 Å². The molecule has 1 fully saturated rings. The Kier molecular flexibility index (Phi) is 3.72. The summed E-state index contributed by atoms with van der Waals surface area (Å²) in [5, 5.41) is 8.73. The molecule has 4 aromatic rings. The van der Waals surface area contributed by atoms with Gasteiger partial charge in [-0.15, -0.1) is 0 Å². The van der Waals surface area contributed by atoms with Gasteiger partial charge in [-0.1, -0.05) is 0 Å². The van der Waals surface area contributed by atoms with Crippen LogP contribution in [0.1, 0.15) is 0 Å². The first-order valence-corrected chi connectivity index (χ1v) is 8.65. The molecule has 0 bridgehead atoms. The van der Waals surface area contributed by atoms with E-state index >= 15 is 0 Å². The molecule has 5 rings (SSSR count). The number of pyridine rings is 1. The molecule has 0 spiro atoms. The molecule has 11 nitrogen and oxygen atoms in total. The fourth-order valence-electron chi connectivity index (χ4n) is 3.21. The maximum Gasteiger partial charge on any atom is 0.349 e. The van der Waals surface area contributed by atoms with Crippen LogP contribution in [-0.4, -0.2) is 60.1 Å². The van der Waals surface area contributed by atoms with Gasteiger partial charge in [0.15, 0.2) is 17.1 Å². The van der Waals surface area contributed by atoms with Gasteiger partial charge in [-0.05, 0) is 0 Å². The topological polar surface area (TPSA) is 107 Å². The lowest BCUT2D eigenvalue weighted by Crippen LogP contribution is -2.48. The second-order valence-corrected chi connectivity index (χ2v) is 6.34. The summed E-state index contributed by atoms with van der Waals surface area (Å²) >= 11 is 0. The minimum absolute atomic E-state index is 0.147.